The van der Waals surface area contributed by atoms with Crippen LogP contribution in [-0.4, -0.2) is 21.0 Å². The minimum atomic E-state index is 0.461. The topological polar surface area (TPSA) is 62.7 Å². The quantitative estimate of drug-likeness (QED) is 0.419. The van der Waals surface area contributed by atoms with Crippen molar-refractivity contribution in [2.75, 3.05) is 10.6 Å². The van der Waals surface area contributed by atoms with Crippen LogP contribution in [0.2, 0.25) is 0 Å². The molecule has 5 rings (SSSR count). The minimum absolute atomic E-state index is 0.461. The van der Waals surface area contributed by atoms with E-state index in [-0.39, 0.29) is 0 Å². The number of fused-ring (bicyclic) bond motifs is 1. The zero-order chi connectivity index (χ0) is 19.6. The largest absolute Gasteiger partial charge is 0.351 e. The van der Waals surface area contributed by atoms with Gasteiger partial charge in [-0.3, -0.25) is 0 Å². The summed E-state index contributed by atoms with van der Waals surface area (Å²) in [5.41, 5.74) is 3.98. The Morgan fingerprint density at radius 2 is 1.76 bits per heavy atom. The molecule has 0 unspecified atom stereocenters. The first-order valence-electron chi connectivity index (χ1n) is 10.1. The van der Waals surface area contributed by atoms with Crippen LogP contribution in [0, 0.1) is 6.92 Å². The highest BCUT2D eigenvalue weighted by atomic mass is 32.1. The lowest BCUT2D eigenvalue weighted by Crippen LogP contribution is -2.17. The number of benzene rings is 2. The van der Waals surface area contributed by atoms with Gasteiger partial charge in [-0.2, -0.15) is 4.98 Å². The van der Waals surface area contributed by atoms with E-state index in [1.807, 2.05) is 31.2 Å². The first kappa shape index (κ1) is 18.1. The molecule has 1 fully saturated rings. The Bertz CT molecular complexity index is 1130. The van der Waals surface area contributed by atoms with E-state index in [4.69, 9.17) is 9.97 Å². The van der Waals surface area contributed by atoms with Crippen molar-refractivity contribution in [2.45, 2.75) is 38.6 Å². The van der Waals surface area contributed by atoms with Crippen LogP contribution >= 0.6 is 11.3 Å². The molecule has 5 nitrogen and oxygen atoms in total. The average Bonchev–Trinajstić information content (AvgIpc) is 3.36. The van der Waals surface area contributed by atoms with Gasteiger partial charge in [0.2, 0.25) is 5.95 Å². The highest BCUT2D eigenvalue weighted by Crippen LogP contribution is 2.28. The predicted molar refractivity (Wildman–Crippen MR) is 121 cm³/mol. The molecule has 2 N–H and O–H groups in total. The molecule has 2 heterocycles. The fourth-order valence-electron chi connectivity index (χ4n) is 3.85. The summed E-state index contributed by atoms with van der Waals surface area (Å²) in [6, 6.07) is 19.0. The number of rotatable bonds is 5. The van der Waals surface area contributed by atoms with Crippen molar-refractivity contribution < 1.29 is 0 Å². The SMILES string of the molecule is Cc1nc2cc(Nc3cc(-c4ccccc4)nc(NC4CCCC4)n3)ccc2s1. The zero-order valence-electron chi connectivity index (χ0n) is 16.4. The molecule has 0 amide bonds. The number of anilines is 3. The van der Waals surface area contributed by atoms with Crippen molar-refractivity contribution >= 4 is 39.0 Å². The predicted octanol–water partition coefficient (Wildman–Crippen LogP) is 6.16. The molecule has 1 aliphatic carbocycles. The molecule has 4 aromatic rings. The second-order valence-electron chi connectivity index (χ2n) is 7.49. The summed E-state index contributed by atoms with van der Waals surface area (Å²) in [4.78, 5) is 14.1. The van der Waals surface area contributed by atoms with Gasteiger partial charge in [-0.1, -0.05) is 43.2 Å². The van der Waals surface area contributed by atoms with Gasteiger partial charge in [0.1, 0.15) is 5.82 Å². The fourth-order valence-corrected chi connectivity index (χ4v) is 4.66. The van der Waals surface area contributed by atoms with Crippen LogP contribution in [0.1, 0.15) is 30.7 Å². The van der Waals surface area contributed by atoms with Crippen LogP contribution < -0.4 is 10.6 Å². The molecule has 0 bridgehead atoms. The standard InChI is InChI=1S/C23H23N5S/c1-15-24-20-13-18(11-12-21(20)29-15)25-22-14-19(16-7-3-2-4-8-16)27-23(28-22)26-17-9-5-6-10-17/h2-4,7-8,11-14,17H,5-6,9-10H2,1H3,(H2,25,26,27,28). The van der Waals surface area contributed by atoms with Crippen LogP contribution in [0.5, 0.6) is 0 Å². The number of thiazole rings is 1. The monoisotopic (exact) mass is 401 g/mol. The smallest absolute Gasteiger partial charge is 0.225 e. The third kappa shape index (κ3) is 4.07. The maximum Gasteiger partial charge on any atom is 0.225 e. The number of aryl methyl sites for hydroxylation is 1. The second kappa shape index (κ2) is 7.79. The third-order valence-corrected chi connectivity index (χ3v) is 6.20. The maximum absolute atomic E-state index is 4.79. The second-order valence-corrected chi connectivity index (χ2v) is 8.73. The highest BCUT2D eigenvalue weighted by molar-refractivity contribution is 7.18. The van der Waals surface area contributed by atoms with Crippen LogP contribution in [0.4, 0.5) is 17.5 Å². The van der Waals surface area contributed by atoms with Crippen molar-refractivity contribution in [3.8, 4) is 11.3 Å². The highest BCUT2D eigenvalue weighted by Gasteiger charge is 2.17. The van der Waals surface area contributed by atoms with Gasteiger partial charge < -0.3 is 10.6 Å². The molecule has 2 aromatic carbocycles. The number of nitrogens with one attached hydrogen (secondary N) is 2. The van der Waals surface area contributed by atoms with Crippen molar-refractivity contribution in [3.63, 3.8) is 0 Å². The summed E-state index contributed by atoms with van der Waals surface area (Å²) in [5, 5.41) is 8.07. The normalized spacial score (nSPS) is 14.4. The Hall–Kier alpha value is -2.99. The molecule has 1 saturated carbocycles. The van der Waals surface area contributed by atoms with Gasteiger partial charge >= 0.3 is 0 Å². The molecule has 0 atom stereocenters. The van der Waals surface area contributed by atoms with Crippen molar-refractivity contribution in [3.05, 3.63) is 59.6 Å². The summed E-state index contributed by atoms with van der Waals surface area (Å²) in [6.45, 7) is 2.04. The van der Waals surface area contributed by atoms with E-state index < -0.39 is 0 Å². The molecule has 1 aliphatic rings. The maximum atomic E-state index is 4.79. The molecule has 0 aliphatic heterocycles. The summed E-state index contributed by atoms with van der Waals surface area (Å²) >= 11 is 1.71. The Morgan fingerprint density at radius 1 is 0.931 bits per heavy atom. The first-order chi connectivity index (χ1) is 14.2. The minimum Gasteiger partial charge on any atom is -0.351 e. The van der Waals surface area contributed by atoms with Gasteiger partial charge in [-0.15, -0.1) is 11.3 Å². The molecule has 29 heavy (non-hydrogen) atoms. The van der Waals surface area contributed by atoms with Crippen molar-refractivity contribution in [2.24, 2.45) is 0 Å². The van der Waals surface area contributed by atoms with E-state index in [2.05, 4.69) is 45.9 Å². The van der Waals surface area contributed by atoms with E-state index >= 15 is 0 Å². The summed E-state index contributed by atoms with van der Waals surface area (Å²) < 4.78 is 1.20. The third-order valence-electron chi connectivity index (χ3n) is 5.25. The molecule has 2 aromatic heterocycles. The van der Waals surface area contributed by atoms with Crippen molar-refractivity contribution in [1.29, 1.82) is 0 Å². The summed E-state index contributed by atoms with van der Waals surface area (Å²) in [5.74, 6) is 1.47. The Labute approximate surface area is 174 Å². The number of hydrogen-bond donors (Lipinski definition) is 2. The van der Waals surface area contributed by atoms with E-state index in [9.17, 15) is 0 Å². The molecular formula is C23H23N5S. The van der Waals surface area contributed by atoms with Gasteiger partial charge in [-0.25, -0.2) is 9.97 Å². The number of nitrogens with zero attached hydrogens (tertiary/aromatic N) is 3. The van der Waals surface area contributed by atoms with Crippen LogP contribution in [0.3, 0.4) is 0 Å². The molecular weight excluding hydrogens is 378 g/mol. The van der Waals surface area contributed by atoms with Crippen LogP contribution in [-0.2, 0) is 0 Å². The molecule has 0 radical (unpaired) electrons. The lowest BCUT2D eigenvalue weighted by molar-refractivity contribution is 0.744. The summed E-state index contributed by atoms with van der Waals surface area (Å²) in [7, 11) is 0. The average molecular weight is 402 g/mol. The zero-order valence-corrected chi connectivity index (χ0v) is 17.2. The van der Waals surface area contributed by atoms with Crippen molar-refractivity contribution in [1.82, 2.24) is 15.0 Å². The van der Waals surface area contributed by atoms with E-state index in [0.717, 1.165) is 33.3 Å². The summed E-state index contributed by atoms with van der Waals surface area (Å²) in [6.07, 6.45) is 4.91. The van der Waals surface area contributed by atoms with Gasteiger partial charge in [-0.05, 0) is 38.0 Å². The Morgan fingerprint density at radius 3 is 2.59 bits per heavy atom. The lowest BCUT2D eigenvalue weighted by Gasteiger charge is -2.15. The molecule has 146 valence electrons. The molecule has 6 heteroatoms. The number of hydrogen-bond acceptors (Lipinski definition) is 6. The Balaban J connectivity index is 1.49. The molecule has 0 spiro atoms. The molecule has 0 saturated heterocycles. The Kier molecular flexibility index (Phi) is 4.86. The van der Waals surface area contributed by atoms with Gasteiger partial charge in [0.25, 0.3) is 0 Å². The van der Waals surface area contributed by atoms with E-state index in [1.165, 1.54) is 30.4 Å². The van der Waals surface area contributed by atoms with E-state index in [0.29, 0.717) is 12.0 Å². The van der Waals surface area contributed by atoms with Crippen LogP contribution in [0.25, 0.3) is 21.5 Å². The van der Waals surface area contributed by atoms with Gasteiger partial charge in [0, 0.05) is 23.4 Å². The number of aromatic nitrogens is 3. The fraction of sp³-hybridized carbons (Fsp3) is 0.261. The lowest BCUT2D eigenvalue weighted by atomic mass is 10.1. The van der Waals surface area contributed by atoms with E-state index in [1.54, 1.807) is 11.3 Å². The van der Waals surface area contributed by atoms with Gasteiger partial charge in [0.15, 0.2) is 0 Å². The first-order valence-corrected chi connectivity index (χ1v) is 10.9. The van der Waals surface area contributed by atoms with Gasteiger partial charge in [0.05, 0.1) is 20.9 Å². The van der Waals surface area contributed by atoms with Crippen LogP contribution in [0.15, 0.2) is 54.6 Å².